The van der Waals surface area contributed by atoms with Crippen LogP contribution in [0.5, 0.6) is 0 Å². The second-order valence-electron chi connectivity index (χ2n) is 8.45. The molecule has 8 nitrogen and oxygen atoms in total. The second-order valence-corrected chi connectivity index (χ2v) is 8.45. The van der Waals surface area contributed by atoms with Crippen LogP contribution in [0.3, 0.4) is 0 Å². The highest BCUT2D eigenvalue weighted by Crippen LogP contribution is 2.47. The molecule has 0 N–H and O–H groups in total. The molecule has 27 heavy (non-hydrogen) atoms. The average molecular weight is 372 g/mol. The average Bonchev–Trinajstić information content (AvgIpc) is 3.34. The maximum atomic E-state index is 12.6. The number of aryl methyl sites for hydroxylation is 1. The number of likely N-dealkylation sites (tertiary alicyclic amines) is 2. The van der Waals surface area contributed by atoms with Gasteiger partial charge in [-0.1, -0.05) is 19.0 Å². The number of rotatable bonds is 3. The third-order valence-electron chi connectivity index (χ3n) is 6.04. The van der Waals surface area contributed by atoms with Crippen LogP contribution in [0.15, 0.2) is 16.8 Å². The Labute approximate surface area is 159 Å². The van der Waals surface area contributed by atoms with E-state index < -0.39 is 0 Å². The van der Waals surface area contributed by atoms with E-state index in [0.717, 1.165) is 44.7 Å². The molecular formula is C19H28N6O2. The topological polar surface area (TPSA) is 80.3 Å². The number of piperidine rings is 1. The summed E-state index contributed by atoms with van der Waals surface area (Å²) >= 11 is 0. The normalized spacial score (nSPS) is 22.9. The fourth-order valence-electron chi connectivity index (χ4n) is 4.41. The van der Waals surface area contributed by atoms with Gasteiger partial charge in [-0.05, 0) is 37.8 Å². The lowest BCUT2D eigenvalue weighted by Crippen LogP contribution is -2.44. The maximum absolute atomic E-state index is 12.6. The summed E-state index contributed by atoms with van der Waals surface area (Å²) in [6.07, 6.45) is 4.83. The molecule has 1 amide bonds. The zero-order valence-corrected chi connectivity index (χ0v) is 16.6. The molecule has 0 aliphatic carbocycles. The summed E-state index contributed by atoms with van der Waals surface area (Å²) in [7, 11) is 3.97. The van der Waals surface area contributed by atoms with Gasteiger partial charge in [-0.3, -0.25) is 14.4 Å². The van der Waals surface area contributed by atoms with Gasteiger partial charge in [0.2, 0.25) is 5.89 Å². The van der Waals surface area contributed by atoms with Crippen molar-refractivity contribution in [3.05, 3.63) is 29.7 Å². The quantitative estimate of drug-likeness (QED) is 0.822. The van der Waals surface area contributed by atoms with Gasteiger partial charge in [0.1, 0.15) is 5.69 Å². The first-order chi connectivity index (χ1) is 12.9. The SMILES string of the molecule is CC(C)c1nc(C2CC3(CCN(C(=O)c4ccn(C)n4)CC3)CN2C)no1. The summed E-state index contributed by atoms with van der Waals surface area (Å²) in [5.41, 5.74) is 0.752. The standard InChI is InChI=1S/C19H28N6O2/c1-13(2)17-20-16(22-27-17)15-11-19(12-23(15)3)6-9-25(10-7-19)18(26)14-5-8-24(4)21-14/h5,8,13,15H,6-7,9-12H2,1-4H3. The second kappa shape index (κ2) is 6.74. The Bertz CT molecular complexity index is 818. The van der Waals surface area contributed by atoms with E-state index in [2.05, 4.69) is 41.0 Å². The number of hydrogen-bond donors (Lipinski definition) is 0. The molecule has 1 spiro atoms. The van der Waals surface area contributed by atoms with Gasteiger partial charge in [-0.25, -0.2) is 0 Å². The van der Waals surface area contributed by atoms with E-state index in [4.69, 9.17) is 4.52 Å². The molecule has 4 rings (SSSR count). The summed E-state index contributed by atoms with van der Waals surface area (Å²) in [5, 5.41) is 8.48. The van der Waals surface area contributed by atoms with Gasteiger partial charge >= 0.3 is 0 Å². The van der Waals surface area contributed by atoms with Crippen molar-refractivity contribution >= 4 is 5.91 Å². The van der Waals surface area contributed by atoms with E-state index in [0.29, 0.717) is 11.6 Å². The van der Waals surface area contributed by atoms with Gasteiger partial charge in [0, 0.05) is 38.8 Å². The minimum atomic E-state index is 0.0353. The number of nitrogens with zero attached hydrogens (tertiary/aromatic N) is 6. The first kappa shape index (κ1) is 18.2. The maximum Gasteiger partial charge on any atom is 0.274 e. The van der Waals surface area contributed by atoms with Crippen LogP contribution >= 0.6 is 0 Å². The Hall–Kier alpha value is -2.22. The van der Waals surface area contributed by atoms with Gasteiger partial charge in [0.15, 0.2) is 5.82 Å². The number of amides is 1. The Balaban J connectivity index is 1.41. The number of hydrogen-bond acceptors (Lipinski definition) is 6. The van der Waals surface area contributed by atoms with E-state index in [1.54, 1.807) is 10.7 Å². The molecule has 2 saturated heterocycles. The minimum absolute atomic E-state index is 0.0353. The molecule has 0 saturated carbocycles. The lowest BCUT2D eigenvalue weighted by atomic mass is 9.76. The Morgan fingerprint density at radius 3 is 2.63 bits per heavy atom. The molecule has 0 bridgehead atoms. The number of carbonyl (C=O) groups excluding carboxylic acids is 1. The molecule has 8 heteroatoms. The third-order valence-corrected chi connectivity index (χ3v) is 6.04. The van der Waals surface area contributed by atoms with Crippen molar-refractivity contribution in [2.24, 2.45) is 12.5 Å². The molecule has 2 aromatic heterocycles. The van der Waals surface area contributed by atoms with Gasteiger partial charge < -0.3 is 9.42 Å². The molecule has 2 aliphatic heterocycles. The zero-order valence-electron chi connectivity index (χ0n) is 16.6. The van der Waals surface area contributed by atoms with Crippen LogP contribution < -0.4 is 0 Å². The molecule has 1 unspecified atom stereocenters. The van der Waals surface area contributed by atoms with Crippen molar-refractivity contribution in [2.75, 3.05) is 26.7 Å². The molecule has 146 valence electrons. The fourth-order valence-corrected chi connectivity index (χ4v) is 4.41. The van der Waals surface area contributed by atoms with Crippen LogP contribution in [0.2, 0.25) is 0 Å². The molecule has 0 radical (unpaired) electrons. The summed E-state index contributed by atoms with van der Waals surface area (Å²) in [6.45, 7) is 6.69. The molecule has 4 heterocycles. The van der Waals surface area contributed by atoms with E-state index in [9.17, 15) is 4.79 Å². The van der Waals surface area contributed by atoms with Crippen LogP contribution in [0.1, 0.15) is 67.3 Å². The molecular weight excluding hydrogens is 344 g/mol. The minimum Gasteiger partial charge on any atom is -0.339 e. The fraction of sp³-hybridized carbons (Fsp3) is 0.684. The van der Waals surface area contributed by atoms with Crippen molar-refractivity contribution in [3.8, 4) is 0 Å². The summed E-state index contributed by atoms with van der Waals surface area (Å²) in [4.78, 5) is 21.5. The predicted molar refractivity (Wildman–Crippen MR) is 99.2 cm³/mol. The highest BCUT2D eigenvalue weighted by Gasteiger charge is 2.46. The Kier molecular flexibility index (Phi) is 4.53. The highest BCUT2D eigenvalue weighted by molar-refractivity contribution is 5.92. The van der Waals surface area contributed by atoms with E-state index in [1.165, 1.54) is 0 Å². The van der Waals surface area contributed by atoms with E-state index in [1.807, 2.05) is 18.1 Å². The van der Waals surface area contributed by atoms with Crippen LogP contribution in [-0.4, -0.2) is 62.3 Å². The lowest BCUT2D eigenvalue weighted by molar-refractivity contribution is 0.0587. The number of carbonyl (C=O) groups is 1. The smallest absolute Gasteiger partial charge is 0.274 e. The Morgan fingerprint density at radius 2 is 2.04 bits per heavy atom. The van der Waals surface area contributed by atoms with Gasteiger partial charge in [-0.2, -0.15) is 10.1 Å². The van der Waals surface area contributed by atoms with Crippen molar-refractivity contribution in [1.82, 2.24) is 29.7 Å². The zero-order chi connectivity index (χ0) is 19.2. The third kappa shape index (κ3) is 3.38. The first-order valence-electron chi connectivity index (χ1n) is 9.69. The van der Waals surface area contributed by atoms with E-state index >= 15 is 0 Å². The molecule has 2 aliphatic rings. The summed E-state index contributed by atoms with van der Waals surface area (Å²) in [5.74, 6) is 1.78. The van der Waals surface area contributed by atoms with Crippen LogP contribution in [0, 0.1) is 5.41 Å². The van der Waals surface area contributed by atoms with Crippen LogP contribution in [0.25, 0.3) is 0 Å². The van der Waals surface area contributed by atoms with Crippen LogP contribution in [-0.2, 0) is 7.05 Å². The Morgan fingerprint density at radius 1 is 1.30 bits per heavy atom. The van der Waals surface area contributed by atoms with Crippen molar-refractivity contribution < 1.29 is 9.32 Å². The van der Waals surface area contributed by atoms with Crippen molar-refractivity contribution in [2.45, 2.75) is 45.1 Å². The lowest BCUT2D eigenvalue weighted by Gasteiger charge is -2.39. The van der Waals surface area contributed by atoms with Crippen molar-refractivity contribution in [3.63, 3.8) is 0 Å². The predicted octanol–water partition coefficient (Wildman–Crippen LogP) is 2.23. The molecule has 2 fully saturated rings. The number of aromatic nitrogens is 4. The molecule has 0 aromatic carbocycles. The monoisotopic (exact) mass is 372 g/mol. The van der Waals surface area contributed by atoms with Crippen LogP contribution in [0.4, 0.5) is 0 Å². The van der Waals surface area contributed by atoms with Gasteiger partial charge in [0.25, 0.3) is 5.91 Å². The van der Waals surface area contributed by atoms with Gasteiger partial charge in [0.05, 0.1) is 6.04 Å². The summed E-state index contributed by atoms with van der Waals surface area (Å²) < 4.78 is 7.08. The highest BCUT2D eigenvalue weighted by atomic mass is 16.5. The summed E-state index contributed by atoms with van der Waals surface area (Å²) in [6, 6.07) is 1.98. The molecule has 2 aromatic rings. The van der Waals surface area contributed by atoms with Crippen molar-refractivity contribution in [1.29, 1.82) is 0 Å². The first-order valence-corrected chi connectivity index (χ1v) is 9.69. The largest absolute Gasteiger partial charge is 0.339 e. The van der Waals surface area contributed by atoms with E-state index in [-0.39, 0.29) is 23.3 Å². The van der Waals surface area contributed by atoms with Gasteiger partial charge in [-0.15, -0.1) is 0 Å². The molecule has 1 atom stereocenters.